The zero-order chi connectivity index (χ0) is 14.7. The lowest BCUT2D eigenvalue weighted by molar-refractivity contribution is 0.435. The summed E-state index contributed by atoms with van der Waals surface area (Å²) in [5, 5.41) is 13.8. The van der Waals surface area contributed by atoms with Gasteiger partial charge in [-0.1, -0.05) is 29.8 Å². The first-order valence-corrected chi connectivity index (χ1v) is 6.85. The van der Waals surface area contributed by atoms with Crippen LogP contribution in [0.1, 0.15) is 37.1 Å². The van der Waals surface area contributed by atoms with Crippen LogP contribution in [0.5, 0.6) is 5.75 Å². The Balaban J connectivity index is 2.17. The SMILES string of the molecule is CC(NC(C)c1ccccc1Cl)c1cc(F)ccc1O. The number of nitrogens with one attached hydrogen (secondary N) is 1. The average Bonchev–Trinajstić information content (AvgIpc) is 2.41. The van der Waals surface area contributed by atoms with Gasteiger partial charge >= 0.3 is 0 Å². The van der Waals surface area contributed by atoms with E-state index in [1.807, 2.05) is 38.1 Å². The van der Waals surface area contributed by atoms with Gasteiger partial charge in [-0.25, -0.2) is 4.39 Å². The van der Waals surface area contributed by atoms with Crippen LogP contribution in [0, 0.1) is 5.82 Å². The number of phenols is 1. The van der Waals surface area contributed by atoms with E-state index in [1.165, 1.54) is 18.2 Å². The predicted molar refractivity (Wildman–Crippen MR) is 79.5 cm³/mol. The molecule has 2 aromatic carbocycles. The van der Waals surface area contributed by atoms with Crippen molar-refractivity contribution in [2.45, 2.75) is 25.9 Å². The van der Waals surface area contributed by atoms with Crippen molar-refractivity contribution in [2.75, 3.05) is 0 Å². The Bertz CT molecular complexity index is 603. The summed E-state index contributed by atoms with van der Waals surface area (Å²) in [6.45, 7) is 3.86. The minimum atomic E-state index is -0.364. The van der Waals surface area contributed by atoms with E-state index in [0.717, 1.165) is 5.56 Å². The van der Waals surface area contributed by atoms with Crippen molar-refractivity contribution in [1.29, 1.82) is 0 Å². The highest BCUT2D eigenvalue weighted by Gasteiger charge is 2.16. The zero-order valence-electron chi connectivity index (χ0n) is 11.4. The second kappa shape index (κ2) is 6.25. The van der Waals surface area contributed by atoms with Gasteiger partial charge in [0.15, 0.2) is 0 Å². The lowest BCUT2D eigenvalue weighted by Crippen LogP contribution is -2.22. The Morgan fingerprint density at radius 2 is 1.70 bits per heavy atom. The molecule has 2 N–H and O–H groups in total. The molecule has 0 radical (unpaired) electrons. The molecule has 2 unspecified atom stereocenters. The Labute approximate surface area is 123 Å². The minimum absolute atomic E-state index is 0.0126. The second-order valence-electron chi connectivity index (χ2n) is 4.83. The standard InChI is InChI=1S/C16H17ClFNO/c1-10(13-5-3-4-6-15(13)17)19-11(2)14-9-12(18)7-8-16(14)20/h3-11,19-20H,1-2H3. The number of phenolic OH excluding ortho intramolecular Hbond substituents is 1. The highest BCUT2D eigenvalue weighted by Crippen LogP contribution is 2.29. The van der Waals surface area contributed by atoms with Crippen LogP contribution in [0.2, 0.25) is 5.02 Å². The minimum Gasteiger partial charge on any atom is -0.508 e. The van der Waals surface area contributed by atoms with Gasteiger partial charge in [0, 0.05) is 22.7 Å². The Morgan fingerprint density at radius 3 is 2.40 bits per heavy atom. The number of rotatable bonds is 4. The maximum absolute atomic E-state index is 13.3. The molecule has 0 fully saturated rings. The third-order valence-electron chi connectivity index (χ3n) is 3.33. The molecule has 4 heteroatoms. The van der Waals surface area contributed by atoms with Crippen LogP contribution in [0.25, 0.3) is 0 Å². The first-order chi connectivity index (χ1) is 9.49. The zero-order valence-corrected chi connectivity index (χ0v) is 12.2. The molecule has 2 aromatic rings. The van der Waals surface area contributed by atoms with Crippen LogP contribution in [0.15, 0.2) is 42.5 Å². The fourth-order valence-corrected chi connectivity index (χ4v) is 2.55. The highest BCUT2D eigenvalue weighted by atomic mass is 35.5. The molecule has 0 saturated carbocycles. The normalized spacial score (nSPS) is 14.0. The van der Waals surface area contributed by atoms with E-state index in [0.29, 0.717) is 10.6 Å². The molecule has 2 atom stereocenters. The summed E-state index contributed by atoms with van der Waals surface area (Å²) >= 11 is 6.16. The van der Waals surface area contributed by atoms with E-state index in [-0.39, 0.29) is 23.7 Å². The lowest BCUT2D eigenvalue weighted by Gasteiger charge is -2.22. The van der Waals surface area contributed by atoms with Crippen molar-refractivity contribution < 1.29 is 9.50 Å². The molecule has 0 heterocycles. The fourth-order valence-electron chi connectivity index (χ4n) is 2.25. The number of hydrogen-bond acceptors (Lipinski definition) is 2. The molecule has 106 valence electrons. The molecule has 0 aliphatic heterocycles. The summed E-state index contributed by atoms with van der Waals surface area (Å²) in [6, 6.07) is 11.3. The Morgan fingerprint density at radius 1 is 1.05 bits per heavy atom. The lowest BCUT2D eigenvalue weighted by atomic mass is 10.0. The summed E-state index contributed by atoms with van der Waals surface area (Å²) in [7, 11) is 0. The van der Waals surface area contributed by atoms with E-state index < -0.39 is 0 Å². The quantitative estimate of drug-likeness (QED) is 0.863. The third-order valence-corrected chi connectivity index (χ3v) is 3.67. The molecule has 0 saturated heterocycles. The van der Waals surface area contributed by atoms with Gasteiger partial charge in [0.1, 0.15) is 11.6 Å². The molecule has 0 bridgehead atoms. The molecule has 0 amide bonds. The van der Waals surface area contributed by atoms with E-state index in [1.54, 1.807) is 0 Å². The number of aromatic hydroxyl groups is 1. The summed E-state index contributed by atoms with van der Waals surface area (Å²) < 4.78 is 13.3. The van der Waals surface area contributed by atoms with E-state index in [9.17, 15) is 9.50 Å². The van der Waals surface area contributed by atoms with Gasteiger partial charge in [0.05, 0.1) is 0 Å². The molecule has 20 heavy (non-hydrogen) atoms. The predicted octanol–water partition coefficient (Wildman–Crippen LogP) is 4.60. The first-order valence-electron chi connectivity index (χ1n) is 6.48. The molecule has 0 aliphatic carbocycles. The van der Waals surface area contributed by atoms with Gasteiger partial charge in [-0.2, -0.15) is 0 Å². The molecule has 2 nitrogen and oxygen atoms in total. The van der Waals surface area contributed by atoms with Crippen LogP contribution >= 0.6 is 11.6 Å². The van der Waals surface area contributed by atoms with Crippen molar-refractivity contribution in [3.8, 4) is 5.75 Å². The van der Waals surface area contributed by atoms with Crippen molar-refractivity contribution in [3.63, 3.8) is 0 Å². The highest BCUT2D eigenvalue weighted by molar-refractivity contribution is 6.31. The van der Waals surface area contributed by atoms with Gasteiger partial charge in [0.2, 0.25) is 0 Å². The molecule has 0 aromatic heterocycles. The van der Waals surface area contributed by atoms with Crippen LogP contribution in [-0.2, 0) is 0 Å². The number of hydrogen-bond donors (Lipinski definition) is 2. The molecular formula is C16H17ClFNO. The smallest absolute Gasteiger partial charge is 0.123 e. The topological polar surface area (TPSA) is 32.3 Å². The second-order valence-corrected chi connectivity index (χ2v) is 5.24. The van der Waals surface area contributed by atoms with Crippen LogP contribution < -0.4 is 5.32 Å². The Kier molecular flexibility index (Phi) is 4.63. The van der Waals surface area contributed by atoms with Gasteiger partial charge in [-0.05, 0) is 43.7 Å². The summed E-state index contributed by atoms with van der Waals surface area (Å²) in [5.41, 5.74) is 1.50. The largest absolute Gasteiger partial charge is 0.508 e. The van der Waals surface area contributed by atoms with Crippen LogP contribution in [0.4, 0.5) is 4.39 Å². The molecule has 2 rings (SSSR count). The first kappa shape index (κ1) is 14.8. The fraction of sp³-hybridized carbons (Fsp3) is 0.250. The monoisotopic (exact) mass is 293 g/mol. The van der Waals surface area contributed by atoms with Crippen molar-refractivity contribution in [1.82, 2.24) is 5.32 Å². The van der Waals surface area contributed by atoms with Crippen LogP contribution in [0.3, 0.4) is 0 Å². The molecule has 0 aliphatic rings. The maximum Gasteiger partial charge on any atom is 0.123 e. The van der Waals surface area contributed by atoms with Crippen molar-refractivity contribution in [3.05, 3.63) is 64.4 Å². The molecule has 0 spiro atoms. The summed E-state index contributed by atoms with van der Waals surface area (Å²) in [6.07, 6.45) is 0. The van der Waals surface area contributed by atoms with Gasteiger partial charge < -0.3 is 10.4 Å². The van der Waals surface area contributed by atoms with Crippen molar-refractivity contribution >= 4 is 11.6 Å². The van der Waals surface area contributed by atoms with Gasteiger partial charge in [-0.15, -0.1) is 0 Å². The third kappa shape index (κ3) is 3.30. The van der Waals surface area contributed by atoms with Gasteiger partial charge in [0.25, 0.3) is 0 Å². The summed E-state index contributed by atoms with van der Waals surface area (Å²) in [4.78, 5) is 0. The van der Waals surface area contributed by atoms with Gasteiger partial charge in [-0.3, -0.25) is 0 Å². The van der Waals surface area contributed by atoms with Crippen LogP contribution in [-0.4, -0.2) is 5.11 Å². The Hall–Kier alpha value is -1.58. The van der Waals surface area contributed by atoms with E-state index in [2.05, 4.69) is 5.32 Å². The summed E-state index contributed by atoms with van der Waals surface area (Å²) in [5.74, 6) is -0.283. The maximum atomic E-state index is 13.3. The molecular weight excluding hydrogens is 277 g/mol. The van der Waals surface area contributed by atoms with Crippen molar-refractivity contribution in [2.24, 2.45) is 0 Å². The van der Waals surface area contributed by atoms with E-state index in [4.69, 9.17) is 11.6 Å². The number of benzene rings is 2. The van der Waals surface area contributed by atoms with E-state index >= 15 is 0 Å². The average molecular weight is 294 g/mol. The number of halogens is 2.